The van der Waals surface area contributed by atoms with Gasteiger partial charge >= 0.3 is 0 Å². The van der Waals surface area contributed by atoms with Crippen LogP contribution in [0.25, 0.3) is 0 Å². The highest BCUT2D eigenvalue weighted by molar-refractivity contribution is 5.29. The number of alkyl halides is 3. The highest BCUT2D eigenvalue weighted by atomic mass is 19.3. The standard InChI is InChI=1S/C10H12F3N/c1-7-4-2-3-5-8(7)9(11)10(12,13)6-14/h2-5,9H,6,14H2,1H3. The maximum atomic E-state index is 13.3. The number of nitrogens with two attached hydrogens (primary N) is 1. The summed E-state index contributed by atoms with van der Waals surface area (Å²) in [7, 11) is 0. The molecular weight excluding hydrogens is 191 g/mol. The SMILES string of the molecule is Cc1ccccc1C(F)C(F)(F)CN. The van der Waals surface area contributed by atoms with Crippen LogP contribution in [-0.2, 0) is 0 Å². The molecule has 1 unspecified atom stereocenters. The van der Waals surface area contributed by atoms with Crippen LogP contribution in [0.2, 0.25) is 0 Å². The minimum absolute atomic E-state index is 0.00273. The molecule has 0 amide bonds. The fourth-order valence-corrected chi connectivity index (χ4v) is 1.20. The van der Waals surface area contributed by atoms with Crippen molar-refractivity contribution in [2.45, 2.75) is 19.0 Å². The van der Waals surface area contributed by atoms with Crippen molar-refractivity contribution in [1.82, 2.24) is 0 Å². The van der Waals surface area contributed by atoms with E-state index in [-0.39, 0.29) is 5.56 Å². The number of benzene rings is 1. The van der Waals surface area contributed by atoms with E-state index < -0.39 is 18.6 Å². The van der Waals surface area contributed by atoms with Crippen molar-refractivity contribution >= 4 is 0 Å². The molecule has 0 aliphatic carbocycles. The Kier molecular flexibility index (Phi) is 3.16. The fourth-order valence-electron chi connectivity index (χ4n) is 1.20. The van der Waals surface area contributed by atoms with Crippen LogP contribution in [0.5, 0.6) is 0 Å². The molecule has 0 aliphatic heterocycles. The highest BCUT2D eigenvalue weighted by Gasteiger charge is 2.40. The summed E-state index contributed by atoms with van der Waals surface area (Å²) in [5.74, 6) is -3.49. The van der Waals surface area contributed by atoms with E-state index in [4.69, 9.17) is 5.73 Å². The third kappa shape index (κ3) is 2.07. The Morgan fingerprint density at radius 3 is 2.43 bits per heavy atom. The van der Waals surface area contributed by atoms with Crippen molar-refractivity contribution in [2.24, 2.45) is 5.73 Å². The van der Waals surface area contributed by atoms with Gasteiger partial charge in [-0.05, 0) is 18.1 Å². The molecule has 2 N–H and O–H groups in total. The third-order valence-electron chi connectivity index (χ3n) is 2.10. The lowest BCUT2D eigenvalue weighted by atomic mass is 10.0. The monoisotopic (exact) mass is 203 g/mol. The van der Waals surface area contributed by atoms with Gasteiger partial charge in [0, 0.05) is 0 Å². The van der Waals surface area contributed by atoms with Crippen molar-refractivity contribution in [3.8, 4) is 0 Å². The van der Waals surface area contributed by atoms with Crippen molar-refractivity contribution in [1.29, 1.82) is 0 Å². The molecule has 1 rings (SSSR count). The molecule has 1 atom stereocenters. The maximum Gasteiger partial charge on any atom is 0.294 e. The van der Waals surface area contributed by atoms with E-state index in [1.807, 2.05) is 0 Å². The van der Waals surface area contributed by atoms with E-state index in [9.17, 15) is 13.2 Å². The number of aryl methyl sites for hydroxylation is 1. The largest absolute Gasteiger partial charge is 0.325 e. The lowest BCUT2D eigenvalue weighted by Crippen LogP contribution is -2.33. The highest BCUT2D eigenvalue weighted by Crippen LogP contribution is 2.35. The predicted octanol–water partition coefficient (Wildman–Crippen LogP) is 2.60. The third-order valence-corrected chi connectivity index (χ3v) is 2.10. The van der Waals surface area contributed by atoms with Crippen molar-refractivity contribution in [3.05, 3.63) is 35.4 Å². The van der Waals surface area contributed by atoms with Gasteiger partial charge in [-0.1, -0.05) is 24.3 Å². The molecule has 0 bridgehead atoms. The van der Waals surface area contributed by atoms with Crippen LogP contribution in [0.1, 0.15) is 17.3 Å². The average Bonchev–Trinajstić information content (AvgIpc) is 2.17. The molecule has 14 heavy (non-hydrogen) atoms. The molecule has 0 heterocycles. The molecule has 0 aromatic heterocycles. The first-order chi connectivity index (χ1) is 6.49. The Balaban J connectivity index is 3.00. The van der Waals surface area contributed by atoms with Gasteiger partial charge in [0.2, 0.25) is 0 Å². The van der Waals surface area contributed by atoms with E-state index in [1.165, 1.54) is 12.1 Å². The summed E-state index contributed by atoms with van der Waals surface area (Å²) in [6, 6.07) is 6.14. The maximum absolute atomic E-state index is 13.3. The van der Waals surface area contributed by atoms with Crippen molar-refractivity contribution in [2.75, 3.05) is 6.54 Å². The van der Waals surface area contributed by atoms with Gasteiger partial charge in [-0.2, -0.15) is 0 Å². The second-order valence-corrected chi connectivity index (χ2v) is 3.18. The second-order valence-electron chi connectivity index (χ2n) is 3.18. The Bertz CT molecular complexity index is 312. The van der Waals surface area contributed by atoms with Crippen molar-refractivity contribution in [3.63, 3.8) is 0 Å². The topological polar surface area (TPSA) is 26.0 Å². The van der Waals surface area contributed by atoms with Gasteiger partial charge in [-0.15, -0.1) is 0 Å². The van der Waals surface area contributed by atoms with Gasteiger partial charge in [-0.3, -0.25) is 0 Å². The molecule has 1 nitrogen and oxygen atoms in total. The lowest BCUT2D eigenvalue weighted by molar-refractivity contribution is -0.0653. The summed E-state index contributed by atoms with van der Waals surface area (Å²) >= 11 is 0. The van der Waals surface area contributed by atoms with Crippen LogP contribution in [0.3, 0.4) is 0 Å². The molecule has 0 spiro atoms. The zero-order valence-electron chi connectivity index (χ0n) is 7.81. The van der Waals surface area contributed by atoms with Crippen LogP contribution in [0, 0.1) is 6.92 Å². The van der Waals surface area contributed by atoms with Crippen LogP contribution in [0.4, 0.5) is 13.2 Å². The predicted molar refractivity (Wildman–Crippen MR) is 49.0 cm³/mol. The lowest BCUT2D eigenvalue weighted by Gasteiger charge is -2.20. The smallest absolute Gasteiger partial charge is 0.294 e. The molecule has 1 aromatic carbocycles. The van der Waals surface area contributed by atoms with E-state index >= 15 is 0 Å². The van der Waals surface area contributed by atoms with Crippen LogP contribution < -0.4 is 5.73 Å². The summed E-state index contributed by atoms with van der Waals surface area (Å²) in [6.07, 6.45) is -2.33. The molecule has 0 saturated carbocycles. The molecule has 0 fully saturated rings. The minimum atomic E-state index is -3.49. The van der Waals surface area contributed by atoms with Gasteiger partial charge in [0.25, 0.3) is 5.92 Å². The number of rotatable bonds is 3. The number of hydrogen-bond acceptors (Lipinski definition) is 1. The van der Waals surface area contributed by atoms with Crippen LogP contribution in [0.15, 0.2) is 24.3 Å². The van der Waals surface area contributed by atoms with Gasteiger partial charge in [0.15, 0.2) is 6.17 Å². The summed E-state index contributed by atoms with van der Waals surface area (Å²) in [4.78, 5) is 0. The average molecular weight is 203 g/mol. The Labute approximate surface area is 80.7 Å². The number of halogens is 3. The van der Waals surface area contributed by atoms with Crippen LogP contribution in [-0.4, -0.2) is 12.5 Å². The van der Waals surface area contributed by atoms with Gasteiger partial charge in [-0.25, -0.2) is 13.2 Å². The molecule has 1 aromatic rings. The van der Waals surface area contributed by atoms with Crippen LogP contribution >= 0.6 is 0 Å². The summed E-state index contributed by atoms with van der Waals surface area (Å²) in [6.45, 7) is 0.608. The first-order valence-corrected chi connectivity index (χ1v) is 4.26. The van der Waals surface area contributed by atoms with E-state index in [0.29, 0.717) is 5.56 Å². The molecule has 0 radical (unpaired) electrons. The Morgan fingerprint density at radius 1 is 1.36 bits per heavy atom. The van der Waals surface area contributed by atoms with Gasteiger partial charge < -0.3 is 5.73 Å². The fraction of sp³-hybridized carbons (Fsp3) is 0.400. The summed E-state index contributed by atoms with van der Waals surface area (Å²) in [5.41, 5.74) is 5.31. The Hall–Kier alpha value is -1.03. The summed E-state index contributed by atoms with van der Waals surface area (Å²) in [5, 5.41) is 0. The second kappa shape index (κ2) is 4.00. The zero-order valence-corrected chi connectivity index (χ0v) is 7.81. The molecular formula is C10H12F3N. The zero-order chi connectivity index (χ0) is 10.8. The minimum Gasteiger partial charge on any atom is -0.325 e. The molecule has 0 aliphatic rings. The van der Waals surface area contributed by atoms with E-state index in [1.54, 1.807) is 19.1 Å². The molecule has 4 heteroatoms. The first-order valence-electron chi connectivity index (χ1n) is 4.26. The van der Waals surface area contributed by atoms with Crippen molar-refractivity contribution < 1.29 is 13.2 Å². The first kappa shape index (κ1) is 11.0. The summed E-state index contributed by atoms with van der Waals surface area (Å²) < 4.78 is 39.2. The van der Waals surface area contributed by atoms with Gasteiger partial charge in [0.05, 0.1) is 6.54 Å². The normalized spacial score (nSPS) is 14.1. The Morgan fingerprint density at radius 2 is 1.93 bits per heavy atom. The van der Waals surface area contributed by atoms with E-state index in [0.717, 1.165) is 0 Å². The molecule has 0 saturated heterocycles. The number of hydrogen-bond donors (Lipinski definition) is 1. The quantitative estimate of drug-likeness (QED) is 0.802. The van der Waals surface area contributed by atoms with Gasteiger partial charge in [0.1, 0.15) is 0 Å². The van der Waals surface area contributed by atoms with E-state index in [2.05, 4.69) is 0 Å². The molecule has 78 valence electrons.